The molecule has 1 aromatic carbocycles. The summed E-state index contributed by atoms with van der Waals surface area (Å²) >= 11 is 12.0. The molecule has 27 heavy (non-hydrogen) atoms. The van der Waals surface area contributed by atoms with Gasteiger partial charge < -0.3 is 10.0 Å². The van der Waals surface area contributed by atoms with E-state index in [1.807, 2.05) is 13.0 Å². The van der Waals surface area contributed by atoms with Crippen LogP contribution in [0.2, 0.25) is 10.0 Å². The van der Waals surface area contributed by atoms with Crippen LogP contribution in [0, 0.1) is 0 Å². The zero-order valence-corrected chi connectivity index (χ0v) is 17.5. The van der Waals surface area contributed by atoms with Crippen LogP contribution in [0.4, 0.5) is 0 Å². The minimum Gasteiger partial charge on any atom is -0.386 e. The van der Waals surface area contributed by atoms with Crippen molar-refractivity contribution in [3.05, 3.63) is 63.4 Å². The van der Waals surface area contributed by atoms with E-state index < -0.39 is 6.10 Å². The highest BCUT2D eigenvalue weighted by Gasteiger charge is 2.21. The molecule has 2 aromatic rings. The van der Waals surface area contributed by atoms with Gasteiger partial charge in [-0.3, -0.25) is 9.78 Å². The van der Waals surface area contributed by atoms with Crippen molar-refractivity contribution in [1.82, 2.24) is 9.88 Å². The monoisotopic (exact) mass is 408 g/mol. The number of amides is 1. The first-order valence-electron chi connectivity index (χ1n) is 9.17. The van der Waals surface area contributed by atoms with Gasteiger partial charge in [-0.05, 0) is 41.7 Å². The predicted octanol–water partition coefficient (Wildman–Crippen LogP) is 5.03. The van der Waals surface area contributed by atoms with Crippen molar-refractivity contribution in [2.45, 2.75) is 45.6 Å². The fourth-order valence-corrected chi connectivity index (χ4v) is 3.37. The maximum atomic E-state index is 12.8. The Morgan fingerprint density at radius 2 is 1.93 bits per heavy atom. The summed E-state index contributed by atoms with van der Waals surface area (Å²) in [5.74, 6) is 0.216. The smallest absolute Gasteiger partial charge is 0.227 e. The molecule has 4 nitrogen and oxygen atoms in total. The number of rotatable bonds is 8. The fraction of sp³-hybridized carbons (Fsp3) is 0.429. The number of aromatic nitrogens is 1. The van der Waals surface area contributed by atoms with Crippen molar-refractivity contribution in [2.24, 2.45) is 0 Å². The third kappa shape index (κ3) is 5.93. The Bertz CT molecular complexity index is 781. The van der Waals surface area contributed by atoms with Crippen LogP contribution >= 0.6 is 23.2 Å². The lowest BCUT2D eigenvalue weighted by Crippen LogP contribution is -2.36. The van der Waals surface area contributed by atoms with Gasteiger partial charge in [-0.2, -0.15) is 0 Å². The van der Waals surface area contributed by atoms with Gasteiger partial charge in [0, 0.05) is 24.5 Å². The van der Waals surface area contributed by atoms with Crippen LogP contribution in [0.3, 0.4) is 0 Å². The maximum Gasteiger partial charge on any atom is 0.227 e. The van der Waals surface area contributed by atoms with Crippen LogP contribution in [-0.4, -0.2) is 34.0 Å². The van der Waals surface area contributed by atoms with Gasteiger partial charge in [-0.1, -0.05) is 50.0 Å². The van der Waals surface area contributed by atoms with Gasteiger partial charge >= 0.3 is 0 Å². The van der Waals surface area contributed by atoms with Gasteiger partial charge in [-0.25, -0.2) is 0 Å². The minimum atomic E-state index is -0.777. The van der Waals surface area contributed by atoms with Gasteiger partial charge in [0.2, 0.25) is 5.91 Å². The number of aliphatic hydroxyl groups is 1. The molecule has 146 valence electrons. The lowest BCUT2D eigenvalue weighted by atomic mass is 9.95. The number of carbonyl (C=O) groups is 1. The second kappa shape index (κ2) is 10.1. The molecule has 0 spiro atoms. The Labute approximate surface area is 171 Å². The molecule has 6 heteroatoms. The summed E-state index contributed by atoms with van der Waals surface area (Å²) in [6.07, 6.45) is 3.66. The highest BCUT2D eigenvalue weighted by Crippen LogP contribution is 2.26. The average Bonchev–Trinajstić information content (AvgIpc) is 2.64. The van der Waals surface area contributed by atoms with E-state index >= 15 is 0 Å². The minimum absolute atomic E-state index is 0.0516. The zero-order chi connectivity index (χ0) is 20.0. The van der Waals surface area contributed by atoms with E-state index in [9.17, 15) is 9.90 Å². The van der Waals surface area contributed by atoms with Crippen LogP contribution in [-0.2, 0) is 11.2 Å². The van der Waals surface area contributed by atoms with E-state index in [0.29, 0.717) is 16.6 Å². The third-order valence-electron chi connectivity index (χ3n) is 4.45. The molecule has 1 heterocycles. The Morgan fingerprint density at radius 3 is 2.56 bits per heavy atom. The molecule has 0 aliphatic carbocycles. The molecule has 0 saturated carbocycles. The molecular formula is C21H26Cl2N2O2. The van der Waals surface area contributed by atoms with Crippen LogP contribution in [0.1, 0.15) is 55.9 Å². The highest BCUT2D eigenvalue weighted by atomic mass is 35.5. The molecule has 1 N–H and O–H groups in total. The summed E-state index contributed by atoms with van der Waals surface area (Å²) in [5, 5.41) is 11.7. The van der Waals surface area contributed by atoms with Crippen molar-refractivity contribution in [3.63, 3.8) is 0 Å². The van der Waals surface area contributed by atoms with E-state index in [1.165, 1.54) is 0 Å². The van der Waals surface area contributed by atoms with Gasteiger partial charge in [0.25, 0.3) is 0 Å². The quantitative estimate of drug-likeness (QED) is 0.666. The Kier molecular flexibility index (Phi) is 8.08. The van der Waals surface area contributed by atoms with Crippen molar-refractivity contribution in [3.8, 4) is 0 Å². The highest BCUT2D eigenvalue weighted by molar-refractivity contribution is 6.42. The zero-order valence-electron chi connectivity index (χ0n) is 16.0. The lowest BCUT2D eigenvalue weighted by Gasteiger charge is -2.26. The average molecular weight is 409 g/mol. The standard InChI is InChI=1S/C21H26Cl2N2O2/c1-4-9-25(21(27)11-15-5-6-18(22)19(23)10-15)13-20(26)17-12-24-8-7-16(17)14(2)3/h5-8,10,12,14,20,26H,4,9,11,13H2,1-3H3. The molecule has 2 rings (SSSR count). The molecule has 0 aliphatic heterocycles. The number of hydrogen-bond donors (Lipinski definition) is 1. The number of pyridine rings is 1. The molecule has 0 radical (unpaired) electrons. The van der Waals surface area contributed by atoms with Crippen molar-refractivity contribution >= 4 is 29.1 Å². The lowest BCUT2D eigenvalue weighted by molar-refractivity contribution is -0.132. The number of hydrogen-bond acceptors (Lipinski definition) is 3. The molecule has 1 unspecified atom stereocenters. The Morgan fingerprint density at radius 1 is 1.19 bits per heavy atom. The number of nitrogens with zero attached hydrogens (tertiary/aromatic N) is 2. The second-order valence-electron chi connectivity index (χ2n) is 6.94. The summed E-state index contributed by atoms with van der Waals surface area (Å²) in [7, 11) is 0. The van der Waals surface area contributed by atoms with E-state index in [2.05, 4.69) is 18.8 Å². The van der Waals surface area contributed by atoms with Gasteiger partial charge in [-0.15, -0.1) is 0 Å². The molecule has 0 fully saturated rings. The normalized spacial score (nSPS) is 12.3. The topological polar surface area (TPSA) is 53.4 Å². The van der Waals surface area contributed by atoms with E-state index in [4.69, 9.17) is 23.2 Å². The number of carbonyl (C=O) groups excluding carboxylic acids is 1. The van der Waals surface area contributed by atoms with Gasteiger partial charge in [0.05, 0.1) is 29.1 Å². The van der Waals surface area contributed by atoms with Crippen molar-refractivity contribution in [2.75, 3.05) is 13.1 Å². The molecule has 0 saturated heterocycles. The number of benzene rings is 1. The molecule has 0 bridgehead atoms. The number of halogens is 2. The van der Waals surface area contributed by atoms with E-state index in [1.54, 1.807) is 35.5 Å². The van der Waals surface area contributed by atoms with Crippen molar-refractivity contribution in [1.29, 1.82) is 0 Å². The fourth-order valence-electron chi connectivity index (χ4n) is 3.05. The molecule has 1 atom stereocenters. The van der Waals surface area contributed by atoms with Crippen LogP contribution < -0.4 is 0 Å². The van der Waals surface area contributed by atoms with Crippen LogP contribution in [0.15, 0.2) is 36.7 Å². The summed E-state index contributed by atoms with van der Waals surface area (Å²) < 4.78 is 0. The largest absolute Gasteiger partial charge is 0.386 e. The molecular weight excluding hydrogens is 383 g/mol. The third-order valence-corrected chi connectivity index (χ3v) is 5.19. The SMILES string of the molecule is CCCN(CC(O)c1cnccc1C(C)C)C(=O)Cc1ccc(Cl)c(Cl)c1. The van der Waals surface area contributed by atoms with E-state index in [0.717, 1.165) is 23.1 Å². The summed E-state index contributed by atoms with van der Waals surface area (Å²) in [6.45, 7) is 6.97. The summed E-state index contributed by atoms with van der Waals surface area (Å²) in [6, 6.07) is 7.12. The maximum absolute atomic E-state index is 12.8. The first-order valence-corrected chi connectivity index (χ1v) is 9.92. The summed E-state index contributed by atoms with van der Waals surface area (Å²) in [5.41, 5.74) is 2.62. The second-order valence-corrected chi connectivity index (χ2v) is 7.75. The molecule has 0 aliphatic rings. The van der Waals surface area contributed by atoms with Crippen LogP contribution in [0.25, 0.3) is 0 Å². The molecule has 1 amide bonds. The first-order chi connectivity index (χ1) is 12.8. The van der Waals surface area contributed by atoms with Gasteiger partial charge in [0.1, 0.15) is 0 Å². The van der Waals surface area contributed by atoms with E-state index in [-0.39, 0.29) is 24.8 Å². The predicted molar refractivity (Wildman–Crippen MR) is 110 cm³/mol. The first kappa shape index (κ1) is 21.7. The Hall–Kier alpha value is -1.62. The van der Waals surface area contributed by atoms with Gasteiger partial charge in [0.15, 0.2) is 0 Å². The van der Waals surface area contributed by atoms with Crippen molar-refractivity contribution < 1.29 is 9.90 Å². The van der Waals surface area contributed by atoms with Crippen LogP contribution in [0.5, 0.6) is 0 Å². The Balaban J connectivity index is 2.14. The molecule has 1 aromatic heterocycles. The number of aliphatic hydroxyl groups excluding tert-OH is 1. The summed E-state index contributed by atoms with van der Waals surface area (Å²) in [4.78, 5) is 18.6.